The van der Waals surface area contributed by atoms with Crippen molar-refractivity contribution < 1.29 is 14.3 Å². The fraction of sp³-hybridized carbons (Fsp3) is 0.105. The molecular formula is C19H15ClN2O3. The van der Waals surface area contributed by atoms with E-state index in [2.05, 4.69) is 5.10 Å². The first-order valence-corrected chi connectivity index (χ1v) is 7.92. The number of Topliss-reactive ketones (excluding diaryl/α,β-unsaturated/α-hetero) is 1. The number of benzene rings is 2. The Balaban J connectivity index is 2.05. The Bertz CT molecular complexity index is 946. The SMILES string of the molecule is COc1ccc(C(=O)c2cn(-c3cccc(Cl)c3)nc2C(C)=O)cc1. The average Bonchev–Trinajstić information content (AvgIpc) is 3.07. The number of ether oxygens (including phenoxy) is 1. The number of rotatable bonds is 5. The summed E-state index contributed by atoms with van der Waals surface area (Å²) in [7, 11) is 1.56. The van der Waals surface area contributed by atoms with Gasteiger partial charge in [-0.25, -0.2) is 4.68 Å². The minimum Gasteiger partial charge on any atom is -0.497 e. The average molecular weight is 355 g/mol. The molecule has 0 spiro atoms. The molecule has 0 aliphatic heterocycles. The fourth-order valence-electron chi connectivity index (χ4n) is 2.45. The number of carbonyl (C=O) groups excluding carboxylic acids is 2. The Labute approximate surface area is 149 Å². The summed E-state index contributed by atoms with van der Waals surface area (Å²) < 4.78 is 6.58. The van der Waals surface area contributed by atoms with Crippen LogP contribution in [0.3, 0.4) is 0 Å². The Kier molecular flexibility index (Phi) is 4.67. The second kappa shape index (κ2) is 6.91. The number of methoxy groups -OCH3 is 1. The molecule has 0 aliphatic carbocycles. The van der Waals surface area contributed by atoms with Crippen LogP contribution in [-0.2, 0) is 0 Å². The fourth-order valence-corrected chi connectivity index (χ4v) is 2.63. The van der Waals surface area contributed by atoms with Crippen molar-refractivity contribution in [1.82, 2.24) is 9.78 Å². The first-order valence-electron chi connectivity index (χ1n) is 7.55. The minimum absolute atomic E-state index is 0.126. The summed E-state index contributed by atoms with van der Waals surface area (Å²) in [6, 6.07) is 13.7. The summed E-state index contributed by atoms with van der Waals surface area (Å²) in [4.78, 5) is 24.8. The predicted molar refractivity (Wildman–Crippen MR) is 95.0 cm³/mol. The molecule has 126 valence electrons. The standard InChI is InChI=1S/C19H15ClN2O3/c1-12(23)18-17(19(24)13-6-8-16(25-2)9-7-13)11-22(21-18)15-5-3-4-14(20)10-15/h3-11H,1-2H3. The van der Waals surface area contributed by atoms with Gasteiger partial charge in [0.15, 0.2) is 11.6 Å². The van der Waals surface area contributed by atoms with Crippen molar-refractivity contribution >= 4 is 23.2 Å². The molecule has 0 N–H and O–H groups in total. The highest BCUT2D eigenvalue weighted by Crippen LogP contribution is 2.20. The molecule has 6 heteroatoms. The Morgan fingerprint density at radius 1 is 1.12 bits per heavy atom. The zero-order chi connectivity index (χ0) is 18.0. The predicted octanol–water partition coefficient (Wildman–Crippen LogP) is 3.97. The maximum absolute atomic E-state index is 12.8. The molecule has 1 aromatic heterocycles. The van der Waals surface area contributed by atoms with E-state index in [0.29, 0.717) is 22.0 Å². The van der Waals surface area contributed by atoms with Crippen LogP contribution in [0.5, 0.6) is 5.75 Å². The van der Waals surface area contributed by atoms with Gasteiger partial charge >= 0.3 is 0 Å². The van der Waals surface area contributed by atoms with E-state index >= 15 is 0 Å². The Morgan fingerprint density at radius 3 is 2.44 bits per heavy atom. The van der Waals surface area contributed by atoms with Crippen LogP contribution in [0.1, 0.15) is 33.3 Å². The van der Waals surface area contributed by atoms with E-state index in [9.17, 15) is 9.59 Å². The number of hydrogen-bond donors (Lipinski definition) is 0. The van der Waals surface area contributed by atoms with Crippen molar-refractivity contribution in [3.05, 3.63) is 76.6 Å². The van der Waals surface area contributed by atoms with E-state index in [1.807, 2.05) is 0 Å². The molecule has 5 nitrogen and oxygen atoms in total. The number of nitrogens with zero attached hydrogens (tertiary/aromatic N) is 2. The molecule has 0 aliphatic rings. The van der Waals surface area contributed by atoms with Gasteiger partial charge in [-0.05, 0) is 42.5 Å². The first-order chi connectivity index (χ1) is 12.0. The zero-order valence-corrected chi connectivity index (χ0v) is 14.4. The van der Waals surface area contributed by atoms with E-state index in [4.69, 9.17) is 16.3 Å². The van der Waals surface area contributed by atoms with Crippen LogP contribution in [0, 0.1) is 0 Å². The summed E-state index contributed by atoms with van der Waals surface area (Å²) in [6.45, 7) is 1.38. The van der Waals surface area contributed by atoms with E-state index < -0.39 is 0 Å². The van der Waals surface area contributed by atoms with E-state index in [0.717, 1.165) is 0 Å². The quantitative estimate of drug-likeness (QED) is 0.650. The van der Waals surface area contributed by atoms with E-state index in [1.165, 1.54) is 11.6 Å². The van der Waals surface area contributed by atoms with Crippen molar-refractivity contribution in [2.24, 2.45) is 0 Å². The number of ketones is 2. The highest BCUT2D eigenvalue weighted by molar-refractivity contribution is 6.30. The normalized spacial score (nSPS) is 10.5. The first kappa shape index (κ1) is 16.9. The molecule has 2 aromatic carbocycles. The Hall–Kier alpha value is -2.92. The third kappa shape index (κ3) is 3.46. The second-order valence-electron chi connectivity index (χ2n) is 5.43. The monoisotopic (exact) mass is 354 g/mol. The van der Waals surface area contributed by atoms with Crippen molar-refractivity contribution in [2.45, 2.75) is 6.92 Å². The number of carbonyl (C=O) groups is 2. The molecule has 0 amide bonds. The summed E-state index contributed by atoms with van der Waals surface area (Å²) >= 11 is 6.00. The molecule has 1 heterocycles. The lowest BCUT2D eigenvalue weighted by molar-refractivity contribution is 0.0987. The van der Waals surface area contributed by atoms with Gasteiger partial charge in [0.2, 0.25) is 0 Å². The van der Waals surface area contributed by atoms with E-state index in [1.54, 1.807) is 61.8 Å². The van der Waals surface area contributed by atoms with Gasteiger partial charge in [-0.2, -0.15) is 5.10 Å². The van der Waals surface area contributed by atoms with Gasteiger partial charge in [-0.15, -0.1) is 0 Å². The highest BCUT2D eigenvalue weighted by Gasteiger charge is 2.21. The summed E-state index contributed by atoms with van der Waals surface area (Å²) in [6.07, 6.45) is 1.55. The summed E-state index contributed by atoms with van der Waals surface area (Å²) in [5, 5.41) is 4.81. The molecule has 0 unspecified atom stereocenters. The second-order valence-corrected chi connectivity index (χ2v) is 5.87. The van der Waals surface area contributed by atoms with Crippen LogP contribution in [0.2, 0.25) is 5.02 Å². The number of halogens is 1. The van der Waals surface area contributed by atoms with Gasteiger partial charge in [0.05, 0.1) is 18.4 Å². The van der Waals surface area contributed by atoms with Crippen LogP contribution >= 0.6 is 11.6 Å². The summed E-state index contributed by atoms with van der Waals surface area (Å²) in [5.74, 6) is 0.0942. The number of hydrogen-bond acceptors (Lipinski definition) is 4. The maximum atomic E-state index is 12.8. The van der Waals surface area contributed by atoms with Crippen molar-refractivity contribution in [1.29, 1.82) is 0 Å². The molecular weight excluding hydrogens is 340 g/mol. The van der Waals surface area contributed by atoms with Crippen LogP contribution in [-0.4, -0.2) is 28.5 Å². The minimum atomic E-state index is -0.280. The van der Waals surface area contributed by atoms with Gasteiger partial charge < -0.3 is 4.74 Å². The molecule has 25 heavy (non-hydrogen) atoms. The lowest BCUT2D eigenvalue weighted by atomic mass is 10.0. The molecule has 3 aromatic rings. The van der Waals surface area contributed by atoms with Gasteiger partial charge in [0, 0.05) is 23.7 Å². The zero-order valence-electron chi connectivity index (χ0n) is 13.7. The molecule has 3 rings (SSSR count). The summed E-state index contributed by atoms with van der Waals surface area (Å²) in [5.41, 5.74) is 1.50. The molecule has 0 radical (unpaired) electrons. The van der Waals surface area contributed by atoms with E-state index in [-0.39, 0.29) is 22.8 Å². The lowest BCUT2D eigenvalue weighted by Crippen LogP contribution is -2.06. The molecule has 0 saturated carbocycles. The van der Waals surface area contributed by atoms with Gasteiger partial charge in [0.1, 0.15) is 11.4 Å². The van der Waals surface area contributed by atoms with Crippen molar-refractivity contribution in [3.8, 4) is 11.4 Å². The molecule has 0 bridgehead atoms. The molecule has 0 fully saturated rings. The molecule has 0 saturated heterocycles. The third-order valence-electron chi connectivity index (χ3n) is 3.72. The van der Waals surface area contributed by atoms with Crippen LogP contribution in [0.25, 0.3) is 5.69 Å². The topological polar surface area (TPSA) is 61.2 Å². The number of aromatic nitrogens is 2. The van der Waals surface area contributed by atoms with Crippen LogP contribution in [0.15, 0.2) is 54.7 Å². The van der Waals surface area contributed by atoms with Crippen LogP contribution < -0.4 is 4.74 Å². The van der Waals surface area contributed by atoms with Crippen LogP contribution in [0.4, 0.5) is 0 Å². The highest BCUT2D eigenvalue weighted by atomic mass is 35.5. The van der Waals surface area contributed by atoms with Gasteiger partial charge in [-0.1, -0.05) is 17.7 Å². The third-order valence-corrected chi connectivity index (χ3v) is 3.95. The van der Waals surface area contributed by atoms with Gasteiger partial charge in [0.25, 0.3) is 0 Å². The lowest BCUT2D eigenvalue weighted by Gasteiger charge is -2.02. The molecule has 0 atom stereocenters. The van der Waals surface area contributed by atoms with Gasteiger partial charge in [-0.3, -0.25) is 9.59 Å². The Morgan fingerprint density at radius 2 is 1.84 bits per heavy atom. The largest absolute Gasteiger partial charge is 0.497 e. The maximum Gasteiger partial charge on any atom is 0.196 e. The van der Waals surface area contributed by atoms with Crippen molar-refractivity contribution in [2.75, 3.05) is 7.11 Å². The van der Waals surface area contributed by atoms with Crippen molar-refractivity contribution in [3.63, 3.8) is 0 Å². The smallest absolute Gasteiger partial charge is 0.196 e.